The second kappa shape index (κ2) is 11.8. The van der Waals surface area contributed by atoms with Gasteiger partial charge in [0.2, 0.25) is 0 Å². The fourth-order valence-corrected chi connectivity index (χ4v) is 6.85. The average molecular weight is 611 g/mol. The monoisotopic (exact) mass is 610 g/mol. The van der Waals surface area contributed by atoms with Gasteiger partial charge < -0.3 is 13.9 Å². The van der Waals surface area contributed by atoms with Gasteiger partial charge in [0.25, 0.3) is 5.56 Å². The van der Waals surface area contributed by atoms with Gasteiger partial charge in [-0.2, -0.15) is 0 Å². The van der Waals surface area contributed by atoms with Gasteiger partial charge in [-0.1, -0.05) is 53.8 Å². The molecule has 8 nitrogen and oxygen atoms in total. The van der Waals surface area contributed by atoms with E-state index in [-0.39, 0.29) is 12.2 Å². The third-order valence-corrected chi connectivity index (χ3v) is 8.91. The van der Waals surface area contributed by atoms with Gasteiger partial charge in [-0.25, -0.2) is 14.6 Å². The molecule has 0 bridgehead atoms. The molecule has 6 rings (SSSR count). The summed E-state index contributed by atoms with van der Waals surface area (Å²) in [5.74, 6) is 0.159. The smallest absolute Gasteiger partial charge is 0.338 e. The van der Waals surface area contributed by atoms with E-state index in [1.165, 1.54) is 29.8 Å². The molecule has 0 spiro atoms. The highest BCUT2D eigenvalue weighted by molar-refractivity contribution is 7.10. The van der Waals surface area contributed by atoms with E-state index in [0.717, 1.165) is 21.6 Å². The number of hydrogen-bond donors (Lipinski definition) is 0. The molecule has 0 saturated heterocycles. The topological polar surface area (TPSA) is 100 Å². The number of esters is 2. The summed E-state index contributed by atoms with van der Waals surface area (Å²) in [5.41, 5.74) is 3.39. The Morgan fingerprint density at radius 2 is 1.86 bits per heavy atom. The summed E-state index contributed by atoms with van der Waals surface area (Å²) in [6.45, 7) is 3.83. The number of fused-ring (bicyclic) bond motifs is 1. The van der Waals surface area contributed by atoms with Crippen molar-refractivity contribution in [1.82, 2.24) is 4.57 Å². The van der Waals surface area contributed by atoms with Crippen molar-refractivity contribution in [2.24, 2.45) is 4.99 Å². The second-order valence-corrected chi connectivity index (χ2v) is 11.7. The van der Waals surface area contributed by atoms with Crippen LogP contribution in [-0.4, -0.2) is 30.2 Å². The van der Waals surface area contributed by atoms with Crippen molar-refractivity contribution in [3.05, 3.63) is 131 Å². The summed E-state index contributed by atoms with van der Waals surface area (Å²) in [5, 5.41) is 1.92. The van der Waals surface area contributed by atoms with Gasteiger partial charge in [-0.05, 0) is 55.1 Å². The van der Waals surface area contributed by atoms with E-state index in [4.69, 9.17) is 18.9 Å². The van der Waals surface area contributed by atoms with Crippen LogP contribution in [0.1, 0.15) is 45.1 Å². The van der Waals surface area contributed by atoms with Gasteiger partial charge in [-0.15, -0.1) is 11.3 Å². The lowest BCUT2D eigenvalue weighted by atomic mass is 9.97. The number of thiophene rings is 1. The largest absolute Gasteiger partial charge is 0.465 e. The van der Waals surface area contributed by atoms with Crippen molar-refractivity contribution in [1.29, 1.82) is 0 Å². The van der Waals surface area contributed by atoms with Gasteiger partial charge >= 0.3 is 11.9 Å². The van der Waals surface area contributed by atoms with E-state index in [0.29, 0.717) is 37.7 Å². The van der Waals surface area contributed by atoms with Crippen LogP contribution in [-0.2, 0) is 14.3 Å². The van der Waals surface area contributed by atoms with Crippen LogP contribution in [0.25, 0.3) is 23.1 Å². The Bertz CT molecular complexity index is 2050. The van der Waals surface area contributed by atoms with E-state index in [9.17, 15) is 14.4 Å². The number of benzene rings is 2. The minimum absolute atomic E-state index is 0.192. The van der Waals surface area contributed by atoms with Crippen LogP contribution in [0.5, 0.6) is 0 Å². The maximum absolute atomic E-state index is 14.0. The first-order chi connectivity index (χ1) is 20.9. The molecule has 0 aliphatic carbocycles. The zero-order valence-corrected chi connectivity index (χ0v) is 25.2. The molecule has 0 unspecified atom stereocenters. The van der Waals surface area contributed by atoms with Crippen molar-refractivity contribution in [2.75, 3.05) is 13.7 Å². The lowest BCUT2D eigenvalue weighted by Crippen LogP contribution is -2.39. The van der Waals surface area contributed by atoms with Crippen molar-refractivity contribution in [2.45, 2.75) is 19.9 Å². The molecule has 0 saturated carbocycles. The molecule has 216 valence electrons. The fraction of sp³-hybridized carbons (Fsp3) is 0.152. The van der Waals surface area contributed by atoms with E-state index in [1.54, 1.807) is 41.8 Å². The number of nitrogens with zero attached hydrogens (tertiary/aromatic N) is 2. The normalized spacial score (nSPS) is 14.8. The summed E-state index contributed by atoms with van der Waals surface area (Å²) in [6, 6.07) is 21.4. The number of aromatic nitrogens is 1. The summed E-state index contributed by atoms with van der Waals surface area (Å²) < 4.78 is 18.4. The summed E-state index contributed by atoms with van der Waals surface area (Å²) in [7, 11) is 1.34. The average Bonchev–Trinajstić information content (AvgIpc) is 3.78. The number of furan rings is 1. The first-order valence-electron chi connectivity index (χ1n) is 13.5. The van der Waals surface area contributed by atoms with Crippen LogP contribution in [0.4, 0.5) is 0 Å². The molecule has 43 heavy (non-hydrogen) atoms. The van der Waals surface area contributed by atoms with E-state index in [2.05, 4.69) is 0 Å². The highest BCUT2D eigenvalue weighted by atomic mass is 32.1. The van der Waals surface area contributed by atoms with Crippen LogP contribution in [0, 0.1) is 6.92 Å². The molecule has 0 N–H and O–H groups in total. The number of rotatable bonds is 7. The number of methoxy groups -OCH3 is 1. The Kier molecular flexibility index (Phi) is 7.79. The molecular weight excluding hydrogens is 585 g/mol. The van der Waals surface area contributed by atoms with Crippen LogP contribution in [0.15, 0.2) is 98.0 Å². The third-order valence-electron chi connectivity index (χ3n) is 7.00. The zero-order valence-electron chi connectivity index (χ0n) is 23.5. The predicted octanol–water partition coefficient (Wildman–Crippen LogP) is 5.35. The van der Waals surface area contributed by atoms with Gasteiger partial charge in [-0.3, -0.25) is 9.36 Å². The maximum Gasteiger partial charge on any atom is 0.338 e. The number of aryl methyl sites for hydroxylation is 1. The molecule has 1 atom stereocenters. The Hall–Kier alpha value is -4.80. The number of thiazole rings is 1. The molecule has 1 aliphatic heterocycles. The van der Waals surface area contributed by atoms with Crippen LogP contribution in [0.3, 0.4) is 0 Å². The molecule has 5 aromatic rings. The van der Waals surface area contributed by atoms with Gasteiger partial charge in [0.1, 0.15) is 17.6 Å². The summed E-state index contributed by atoms with van der Waals surface area (Å²) in [6.07, 6.45) is 1.69. The van der Waals surface area contributed by atoms with Crippen LogP contribution in [0.2, 0.25) is 0 Å². The summed E-state index contributed by atoms with van der Waals surface area (Å²) >= 11 is 2.70. The summed E-state index contributed by atoms with van der Waals surface area (Å²) in [4.78, 5) is 45.5. The van der Waals surface area contributed by atoms with E-state index in [1.807, 2.05) is 60.8 Å². The Balaban J connectivity index is 1.48. The minimum atomic E-state index is -0.698. The predicted molar refractivity (Wildman–Crippen MR) is 166 cm³/mol. The lowest BCUT2D eigenvalue weighted by Gasteiger charge is -2.24. The van der Waals surface area contributed by atoms with Gasteiger partial charge in [0.05, 0.1) is 35.1 Å². The standard InChI is InChI=1S/C33H26N2O6S2/c1-4-40-32(38)27-28(20-9-6-5-7-10-20)34-33-35(29(27)25-11-8-16-42-25)30(36)26(43-33)18-22-13-15-24(41-22)23-14-12-21(17-19(23)2)31(37)39-3/h5-18,29H,4H2,1-3H3/b26-18+/t29-/m1/s1. The third kappa shape index (κ3) is 5.31. The van der Waals surface area contributed by atoms with Crippen LogP contribution < -0.4 is 14.9 Å². The first kappa shape index (κ1) is 28.3. The minimum Gasteiger partial charge on any atom is -0.465 e. The second-order valence-electron chi connectivity index (χ2n) is 9.67. The molecule has 0 fully saturated rings. The van der Waals surface area contributed by atoms with Crippen LogP contribution >= 0.6 is 22.7 Å². The number of ether oxygens (including phenoxy) is 2. The number of hydrogen-bond acceptors (Lipinski definition) is 9. The molecule has 2 aromatic carbocycles. The first-order valence-corrected chi connectivity index (χ1v) is 15.2. The Morgan fingerprint density at radius 3 is 2.56 bits per heavy atom. The maximum atomic E-state index is 14.0. The van der Waals surface area contributed by atoms with E-state index < -0.39 is 18.0 Å². The molecule has 3 aromatic heterocycles. The fourth-order valence-electron chi connectivity index (χ4n) is 5.05. The number of carbonyl (C=O) groups excluding carboxylic acids is 2. The number of carbonyl (C=O) groups is 2. The Morgan fingerprint density at radius 1 is 1.05 bits per heavy atom. The zero-order chi connectivity index (χ0) is 30.1. The molecule has 0 amide bonds. The molecule has 0 radical (unpaired) electrons. The molecule has 1 aliphatic rings. The van der Waals surface area contributed by atoms with Crippen molar-refractivity contribution in [3.63, 3.8) is 0 Å². The lowest BCUT2D eigenvalue weighted by molar-refractivity contribution is -0.138. The highest BCUT2D eigenvalue weighted by Crippen LogP contribution is 2.37. The quantitative estimate of drug-likeness (QED) is 0.230. The molecular formula is C33H26N2O6S2. The van der Waals surface area contributed by atoms with Crippen molar-refractivity contribution in [3.8, 4) is 11.3 Å². The molecule has 4 heterocycles. The van der Waals surface area contributed by atoms with Gasteiger partial charge in [0, 0.05) is 22.1 Å². The van der Waals surface area contributed by atoms with E-state index >= 15 is 0 Å². The van der Waals surface area contributed by atoms with Crippen molar-refractivity contribution >= 4 is 46.4 Å². The highest BCUT2D eigenvalue weighted by Gasteiger charge is 2.35. The SMILES string of the molecule is CCOC(=O)C1=C(c2ccccc2)N=c2s/c(=C/c3ccc(-c4ccc(C(=O)OC)cc4C)o3)c(=O)n2[C@@H]1c1cccs1. The Labute approximate surface area is 254 Å². The molecule has 10 heteroatoms. The van der Waals surface area contributed by atoms with Gasteiger partial charge in [0.15, 0.2) is 4.80 Å². The van der Waals surface area contributed by atoms with Crippen molar-refractivity contribution < 1.29 is 23.5 Å².